The Morgan fingerprint density at radius 3 is 2.50 bits per heavy atom. The molecule has 2 N–H and O–H groups in total. The first-order chi connectivity index (χ1) is 5.84. The number of nitrogens with one attached hydrogen (secondary N) is 2. The molecule has 0 amide bonds. The molecule has 1 atom stereocenters. The Hall–Kier alpha value is -0.860. The second kappa shape index (κ2) is 4.91. The van der Waals surface area contributed by atoms with Gasteiger partial charge in [0.05, 0.1) is 0 Å². The summed E-state index contributed by atoms with van der Waals surface area (Å²) in [5.41, 5.74) is 1.33. The van der Waals surface area contributed by atoms with Crippen LogP contribution in [0.2, 0.25) is 0 Å². The molecule has 1 aromatic carbocycles. The molecule has 1 unspecified atom stereocenters. The third-order valence-corrected chi connectivity index (χ3v) is 1.88. The maximum absolute atomic E-state index is 3.34. The quantitative estimate of drug-likeness (QED) is 0.659. The lowest BCUT2D eigenvalue weighted by Gasteiger charge is -2.13. The lowest BCUT2D eigenvalue weighted by Crippen LogP contribution is -2.28. The van der Waals surface area contributed by atoms with Crippen molar-refractivity contribution >= 4 is 0 Å². The summed E-state index contributed by atoms with van der Waals surface area (Å²) in [6.45, 7) is 3.00. The van der Waals surface area contributed by atoms with E-state index in [0.717, 1.165) is 6.67 Å². The van der Waals surface area contributed by atoms with Gasteiger partial charge in [-0.3, -0.25) is 5.32 Å². The average Bonchev–Trinajstić information content (AvgIpc) is 2.15. The summed E-state index contributed by atoms with van der Waals surface area (Å²) >= 11 is 0. The molecule has 0 aliphatic carbocycles. The third-order valence-electron chi connectivity index (χ3n) is 1.88. The maximum atomic E-state index is 3.34. The summed E-state index contributed by atoms with van der Waals surface area (Å²) in [4.78, 5) is 0. The third kappa shape index (κ3) is 2.64. The van der Waals surface area contributed by atoms with Crippen molar-refractivity contribution in [3.05, 3.63) is 35.9 Å². The highest BCUT2D eigenvalue weighted by Crippen LogP contribution is 2.09. The average molecular weight is 164 g/mol. The number of hydrogen-bond donors (Lipinski definition) is 2. The Morgan fingerprint density at radius 1 is 1.25 bits per heavy atom. The lowest BCUT2D eigenvalue weighted by atomic mass is 10.1. The first-order valence-corrected chi connectivity index (χ1v) is 4.27. The highest BCUT2D eigenvalue weighted by molar-refractivity contribution is 5.17. The fraction of sp³-hybridized carbons (Fsp3) is 0.400. The highest BCUT2D eigenvalue weighted by atomic mass is 15.1. The van der Waals surface area contributed by atoms with Crippen molar-refractivity contribution in [3.8, 4) is 0 Å². The first-order valence-electron chi connectivity index (χ1n) is 4.27. The fourth-order valence-corrected chi connectivity index (χ4v) is 1.11. The molecule has 2 nitrogen and oxygen atoms in total. The summed E-state index contributed by atoms with van der Waals surface area (Å²) in [6, 6.07) is 10.8. The Morgan fingerprint density at radius 2 is 1.92 bits per heavy atom. The van der Waals surface area contributed by atoms with Crippen LogP contribution in [0.15, 0.2) is 30.3 Å². The van der Waals surface area contributed by atoms with Gasteiger partial charge in [-0.2, -0.15) is 0 Å². The zero-order chi connectivity index (χ0) is 8.81. The van der Waals surface area contributed by atoms with Crippen molar-refractivity contribution < 1.29 is 0 Å². The van der Waals surface area contributed by atoms with Crippen LogP contribution in [0.3, 0.4) is 0 Å². The van der Waals surface area contributed by atoms with E-state index in [0.29, 0.717) is 6.04 Å². The van der Waals surface area contributed by atoms with Gasteiger partial charge in [0.25, 0.3) is 0 Å². The van der Waals surface area contributed by atoms with Gasteiger partial charge in [0.2, 0.25) is 0 Å². The van der Waals surface area contributed by atoms with Crippen LogP contribution in [-0.2, 0) is 0 Å². The minimum absolute atomic E-state index is 0.415. The van der Waals surface area contributed by atoms with Crippen LogP contribution in [0.5, 0.6) is 0 Å². The summed E-state index contributed by atoms with van der Waals surface area (Å²) in [5.74, 6) is 0. The van der Waals surface area contributed by atoms with Gasteiger partial charge < -0.3 is 5.32 Å². The van der Waals surface area contributed by atoms with Crippen LogP contribution in [-0.4, -0.2) is 13.7 Å². The molecule has 0 heterocycles. The van der Waals surface area contributed by atoms with E-state index in [2.05, 4.69) is 41.8 Å². The van der Waals surface area contributed by atoms with Crippen molar-refractivity contribution in [2.75, 3.05) is 13.7 Å². The van der Waals surface area contributed by atoms with E-state index in [1.54, 1.807) is 0 Å². The highest BCUT2D eigenvalue weighted by Gasteiger charge is 2.00. The molecule has 0 spiro atoms. The smallest absolute Gasteiger partial charge is 0.0456 e. The monoisotopic (exact) mass is 164 g/mol. The van der Waals surface area contributed by atoms with Gasteiger partial charge >= 0.3 is 0 Å². The van der Waals surface area contributed by atoms with Crippen LogP contribution in [0.1, 0.15) is 18.5 Å². The van der Waals surface area contributed by atoms with Crippen molar-refractivity contribution in [3.63, 3.8) is 0 Å². The molecule has 0 aliphatic rings. The molecular weight excluding hydrogens is 148 g/mol. The molecule has 66 valence electrons. The van der Waals surface area contributed by atoms with Gasteiger partial charge in [0, 0.05) is 12.7 Å². The Kier molecular flexibility index (Phi) is 3.77. The molecule has 0 aromatic heterocycles. The largest absolute Gasteiger partial charge is 0.308 e. The minimum atomic E-state index is 0.415. The summed E-state index contributed by atoms with van der Waals surface area (Å²) in [6.07, 6.45) is 0. The molecule has 0 aliphatic heterocycles. The van der Waals surface area contributed by atoms with Gasteiger partial charge in [0.15, 0.2) is 0 Å². The molecule has 0 saturated carbocycles. The molecule has 2 heteroatoms. The van der Waals surface area contributed by atoms with E-state index >= 15 is 0 Å². The normalized spacial score (nSPS) is 12.8. The summed E-state index contributed by atoms with van der Waals surface area (Å²) < 4.78 is 0. The molecule has 0 bridgehead atoms. The van der Waals surface area contributed by atoms with Crippen molar-refractivity contribution in [1.82, 2.24) is 10.6 Å². The van der Waals surface area contributed by atoms with Crippen molar-refractivity contribution in [2.24, 2.45) is 0 Å². The zero-order valence-corrected chi connectivity index (χ0v) is 7.67. The fourth-order valence-electron chi connectivity index (χ4n) is 1.11. The topological polar surface area (TPSA) is 24.1 Å². The molecular formula is C10H16N2. The Labute approximate surface area is 74.0 Å². The molecule has 1 rings (SSSR count). The van der Waals surface area contributed by atoms with Crippen LogP contribution >= 0.6 is 0 Å². The lowest BCUT2D eigenvalue weighted by molar-refractivity contribution is 0.544. The van der Waals surface area contributed by atoms with Gasteiger partial charge in [-0.25, -0.2) is 0 Å². The van der Waals surface area contributed by atoms with Crippen molar-refractivity contribution in [2.45, 2.75) is 13.0 Å². The van der Waals surface area contributed by atoms with Crippen LogP contribution < -0.4 is 10.6 Å². The second-order valence-corrected chi connectivity index (χ2v) is 2.87. The van der Waals surface area contributed by atoms with E-state index in [1.807, 2.05) is 13.1 Å². The van der Waals surface area contributed by atoms with Crippen LogP contribution in [0, 0.1) is 0 Å². The molecule has 0 saturated heterocycles. The van der Waals surface area contributed by atoms with Crippen LogP contribution in [0.25, 0.3) is 0 Å². The van der Waals surface area contributed by atoms with E-state index < -0.39 is 0 Å². The molecule has 0 fully saturated rings. The van der Waals surface area contributed by atoms with Gasteiger partial charge in [0.1, 0.15) is 0 Å². The first kappa shape index (κ1) is 9.23. The zero-order valence-electron chi connectivity index (χ0n) is 7.67. The molecule has 0 radical (unpaired) electrons. The van der Waals surface area contributed by atoms with Crippen molar-refractivity contribution in [1.29, 1.82) is 0 Å². The number of hydrogen-bond acceptors (Lipinski definition) is 2. The number of rotatable bonds is 4. The standard InChI is InChI=1S/C10H16N2/c1-9(12-8-11-2)10-6-4-3-5-7-10/h3-7,9,11-12H,8H2,1-2H3. The number of benzene rings is 1. The van der Waals surface area contributed by atoms with Gasteiger partial charge in [-0.15, -0.1) is 0 Å². The van der Waals surface area contributed by atoms with E-state index in [4.69, 9.17) is 0 Å². The van der Waals surface area contributed by atoms with Crippen LogP contribution in [0.4, 0.5) is 0 Å². The summed E-state index contributed by atoms with van der Waals surface area (Å²) in [5, 5.41) is 6.39. The van der Waals surface area contributed by atoms with Gasteiger partial charge in [-0.1, -0.05) is 30.3 Å². The van der Waals surface area contributed by atoms with Gasteiger partial charge in [-0.05, 0) is 19.5 Å². The Bertz CT molecular complexity index is 208. The SMILES string of the molecule is CNCNC(C)c1ccccc1. The van der Waals surface area contributed by atoms with E-state index in [-0.39, 0.29) is 0 Å². The maximum Gasteiger partial charge on any atom is 0.0456 e. The Balaban J connectivity index is 2.48. The molecule has 1 aromatic rings. The molecule has 12 heavy (non-hydrogen) atoms. The van der Waals surface area contributed by atoms with E-state index in [1.165, 1.54) is 5.56 Å². The minimum Gasteiger partial charge on any atom is -0.308 e. The predicted molar refractivity (Wildman–Crippen MR) is 51.9 cm³/mol. The second-order valence-electron chi connectivity index (χ2n) is 2.87. The summed E-state index contributed by atoms with van der Waals surface area (Å²) in [7, 11) is 1.94. The van der Waals surface area contributed by atoms with E-state index in [9.17, 15) is 0 Å². The predicted octanol–water partition coefficient (Wildman–Crippen LogP) is 1.51.